The highest BCUT2D eigenvalue weighted by molar-refractivity contribution is 8.00. The Kier molecular flexibility index (Phi) is 10.9. The average molecular weight is 546 g/mol. The second-order valence-corrected chi connectivity index (χ2v) is 9.70. The van der Waals surface area contributed by atoms with E-state index < -0.39 is 17.8 Å². The zero-order valence-electron chi connectivity index (χ0n) is 22.1. The standard InChI is InChI=1S/C30H31N3O5S/c1-4-38-28(35)19-25(34)20-39-26-12-8-11-23(18-26)31-30(37)27(32-29(36)22-9-6-5-7-10-22)17-21-13-15-24(16-14-21)33(2)3/h5-18H,4,19-20H2,1-3H3,(H,31,37)(H,32,36)/b27-17+. The number of esters is 1. The van der Waals surface area contributed by atoms with E-state index in [2.05, 4.69) is 10.6 Å². The van der Waals surface area contributed by atoms with E-state index in [4.69, 9.17) is 4.74 Å². The zero-order valence-corrected chi connectivity index (χ0v) is 22.9. The molecule has 202 valence electrons. The number of hydrogen-bond acceptors (Lipinski definition) is 7. The largest absolute Gasteiger partial charge is 0.466 e. The third-order valence-electron chi connectivity index (χ3n) is 5.39. The third kappa shape index (κ3) is 9.46. The van der Waals surface area contributed by atoms with Gasteiger partial charge in [-0.25, -0.2) is 0 Å². The van der Waals surface area contributed by atoms with E-state index in [0.717, 1.165) is 16.1 Å². The van der Waals surface area contributed by atoms with Crippen LogP contribution in [-0.4, -0.2) is 50.0 Å². The van der Waals surface area contributed by atoms with E-state index in [1.54, 1.807) is 61.5 Å². The molecule has 0 aromatic heterocycles. The van der Waals surface area contributed by atoms with Gasteiger partial charge in [-0.1, -0.05) is 36.4 Å². The summed E-state index contributed by atoms with van der Waals surface area (Å²) >= 11 is 1.26. The van der Waals surface area contributed by atoms with Gasteiger partial charge in [0.15, 0.2) is 5.78 Å². The molecule has 2 amide bonds. The van der Waals surface area contributed by atoms with Crippen LogP contribution in [0.5, 0.6) is 0 Å². The molecule has 0 unspecified atom stereocenters. The number of thioether (sulfide) groups is 1. The van der Waals surface area contributed by atoms with E-state index in [1.165, 1.54) is 11.8 Å². The maximum absolute atomic E-state index is 13.3. The van der Waals surface area contributed by atoms with Crippen molar-refractivity contribution in [2.75, 3.05) is 36.7 Å². The van der Waals surface area contributed by atoms with Gasteiger partial charge in [0.25, 0.3) is 11.8 Å². The van der Waals surface area contributed by atoms with Crippen LogP contribution in [0.25, 0.3) is 6.08 Å². The van der Waals surface area contributed by atoms with Crippen molar-refractivity contribution >= 4 is 52.8 Å². The van der Waals surface area contributed by atoms with Crippen molar-refractivity contribution in [1.29, 1.82) is 0 Å². The molecule has 0 heterocycles. The normalized spacial score (nSPS) is 10.9. The molecule has 0 bridgehead atoms. The first-order valence-corrected chi connectivity index (χ1v) is 13.3. The monoisotopic (exact) mass is 545 g/mol. The van der Waals surface area contributed by atoms with E-state index in [9.17, 15) is 19.2 Å². The molecule has 0 saturated carbocycles. The predicted octanol–water partition coefficient (Wildman–Crippen LogP) is 4.78. The lowest BCUT2D eigenvalue weighted by molar-refractivity contribution is -0.145. The van der Waals surface area contributed by atoms with Gasteiger partial charge in [0.2, 0.25) is 0 Å². The van der Waals surface area contributed by atoms with Gasteiger partial charge >= 0.3 is 5.97 Å². The van der Waals surface area contributed by atoms with Gasteiger partial charge in [-0.3, -0.25) is 19.2 Å². The van der Waals surface area contributed by atoms with Crippen LogP contribution in [0, 0.1) is 0 Å². The van der Waals surface area contributed by atoms with Gasteiger partial charge in [0.1, 0.15) is 12.1 Å². The molecule has 39 heavy (non-hydrogen) atoms. The number of rotatable bonds is 12. The van der Waals surface area contributed by atoms with Crippen LogP contribution in [0.1, 0.15) is 29.3 Å². The molecule has 3 aromatic carbocycles. The number of carbonyl (C=O) groups is 4. The SMILES string of the molecule is CCOC(=O)CC(=O)CSc1cccc(NC(=O)/C(=C\c2ccc(N(C)C)cc2)NC(=O)c2ccccc2)c1. The first-order valence-electron chi connectivity index (χ1n) is 12.3. The Hall–Kier alpha value is -4.37. The van der Waals surface area contributed by atoms with E-state index in [-0.39, 0.29) is 30.3 Å². The van der Waals surface area contributed by atoms with E-state index >= 15 is 0 Å². The van der Waals surface area contributed by atoms with Crippen LogP contribution < -0.4 is 15.5 Å². The summed E-state index contributed by atoms with van der Waals surface area (Å²) in [6.07, 6.45) is 1.34. The molecule has 3 rings (SSSR count). The first kappa shape index (κ1) is 29.2. The number of benzene rings is 3. The fraction of sp³-hybridized carbons (Fsp3) is 0.200. The van der Waals surface area contributed by atoms with Gasteiger partial charge in [0, 0.05) is 35.9 Å². The lowest BCUT2D eigenvalue weighted by Crippen LogP contribution is -2.30. The van der Waals surface area contributed by atoms with Gasteiger partial charge in [-0.2, -0.15) is 0 Å². The number of anilines is 2. The van der Waals surface area contributed by atoms with Crippen LogP contribution in [0.3, 0.4) is 0 Å². The average Bonchev–Trinajstić information content (AvgIpc) is 2.92. The summed E-state index contributed by atoms with van der Waals surface area (Å²) in [5.41, 5.74) is 2.73. The minimum atomic E-state index is -0.544. The molecule has 0 aliphatic heterocycles. The van der Waals surface area contributed by atoms with Crippen molar-refractivity contribution in [2.45, 2.75) is 18.2 Å². The van der Waals surface area contributed by atoms with Crippen molar-refractivity contribution in [1.82, 2.24) is 5.32 Å². The number of carbonyl (C=O) groups excluding carboxylic acids is 4. The minimum Gasteiger partial charge on any atom is -0.466 e. The van der Waals surface area contributed by atoms with Crippen molar-refractivity contribution in [2.24, 2.45) is 0 Å². The molecule has 0 saturated heterocycles. The fourth-order valence-electron chi connectivity index (χ4n) is 3.43. The maximum atomic E-state index is 13.3. The van der Waals surface area contributed by atoms with Crippen LogP contribution in [-0.2, 0) is 19.1 Å². The molecule has 3 aromatic rings. The minimum absolute atomic E-state index is 0.0733. The topological polar surface area (TPSA) is 105 Å². The number of nitrogens with one attached hydrogen (secondary N) is 2. The van der Waals surface area contributed by atoms with Crippen LogP contribution >= 0.6 is 11.8 Å². The van der Waals surface area contributed by atoms with Crippen molar-refractivity contribution in [3.63, 3.8) is 0 Å². The molecule has 2 N–H and O–H groups in total. The molecule has 0 fully saturated rings. The Labute approximate surface area is 232 Å². The van der Waals surface area contributed by atoms with Gasteiger partial charge in [-0.15, -0.1) is 11.8 Å². The lowest BCUT2D eigenvalue weighted by atomic mass is 10.1. The quantitative estimate of drug-likeness (QED) is 0.146. The van der Waals surface area contributed by atoms with E-state index in [0.29, 0.717) is 11.3 Å². The number of ketones is 1. The van der Waals surface area contributed by atoms with Crippen molar-refractivity contribution in [3.8, 4) is 0 Å². The van der Waals surface area contributed by atoms with Crippen LogP contribution in [0.15, 0.2) is 89.5 Å². The molecule has 0 atom stereocenters. The molecule has 0 radical (unpaired) electrons. The molecule has 8 nitrogen and oxygen atoms in total. The summed E-state index contributed by atoms with van der Waals surface area (Å²) in [6.45, 7) is 1.91. The summed E-state index contributed by atoms with van der Waals surface area (Å²) in [5.74, 6) is -1.61. The Morgan fingerprint density at radius 2 is 1.64 bits per heavy atom. The number of hydrogen-bond donors (Lipinski definition) is 2. The van der Waals surface area contributed by atoms with Gasteiger partial charge in [0.05, 0.1) is 12.4 Å². The summed E-state index contributed by atoms with van der Waals surface area (Å²) in [7, 11) is 3.87. The molecule has 0 aliphatic rings. The molecule has 0 aliphatic carbocycles. The lowest BCUT2D eigenvalue weighted by Gasteiger charge is -2.14. The first-order chi connectivity index (χ1) is 18.7. The summed E-state index contributed by atoms with van der Waals surface area (Å²) in [4.78, 5) is 52.4. The summed E-state index contributed by atoms with van der Waals surface area (Å²) < 4.78 is 4.81. The Bertz CT molecular complexity index is 1340. The summed E-state index contributed by atoms with van der Waals surface area (Å²) in [6, 6.07) is 23.2. The van der Waals surface area contributed by atoms with Gasteiger partial charge < -0.3 is 20.3 Å². The predicted molar refractivity (Wildman–Crippen MR) is 155 cm³/mol. The third-order valence-corrected chi connectivity index (χ3v) is 6.44. The maximum Gasteiger partial charge on any atom is 0.313 e. The highest BCUT2D eigenvalue weighted by atomic mass is 32.2. The number of amides is 2. The summed E-state index contributed by atoms with van der Waals surface area (Å²) in [5, 5.41) is 5.55. The number of Topliss-reactive ketones (excluding diaryl/α,β-unsaturated/α-hetero) is 1. The van der Waals surface area contributed by atoms with Gasteiger partial charge in [-0.05, 0) is 61.0 Å². The van der Waals surface area contributed by atoms with Crippen molar-refractivity contribution < 1.29 is 23.9 Å². The second-order valence-electron chi connectivity index (χ2n) is 8.66. The van der Waals surface area contributed by atoms with Crippen molar-refractivity contribution in [3.05, 3.63) is 95.7 Å². The number of ether oxygens (including phenoxy) is 1. The van der Waals surface area contributed by atoms with E-state index in [1.807, 2.05) is 49.3 Å². The fourth-order valence-corrected chi connectivity index (χ4v) is 4.24. The Morgan fingerprint density at radius 3 is 2.31 bits per heavy atom. The highest BCUT2D eigenvalue weighted by Crippen LogP contribution is 2.23. The molecular weight excluding hydrogens is 514 g/mol. The molecule has 9 heteroatoms. The Balaban J connectivity index is 1.75. The van der Waals surface area contributed by atoms with Crippen LogP contribution in [0.2, 0.25) is 0 Å². The second kappa shape index (κ2) is 14.5. The molecular formula is C30H31N3O5S. The highest BCUT2D eigenvalue weighted by Gasteiger charge is 2.16. The molecule has 0 spiro atoms. The number of nitrogens with zero attached hydrogens (tertiary/aromatic N) is 1. The smallest absolute Gasteiger partial charge is 0.313 e. The zero-order chi connectivity index (χ0) is 28.2. The van der Waals surface area contributed by atoms with Crippen LogP contribution in [0.4, 0.5) is 11.4 Å². The Morgan fingerprint density at radius 1 is 0.923 bits per heavy atom.